The lowest BCUT2D eigenvalue weighted by Crippen LogP contribution is -2.26. The third-order valence-corrected chi connectivity index (χ3v) is 5.29. The number of aromatic hydroxyl groups is 1. The third kappa shape index (κ3) is 3.80. The van der Waals surface area contributed by atoms with Gasteiger partial charge in [-0.15, -0.1) is 15.0 Å². The van der Waals surface area contributed by atoms with Gasteiger partial charge in [0.25, 0.3) is 5.91 Å². The van der Waals surface area contributed by atoms with Crippen LogP contribution in [0.5, 0.6) is 5.75 Å². The van der Waals surface area contributed by atoms with E-state index < -0.39 is 11.7 Å². The van der Waals surface area contributed by atoms with E-state index in [0.717, 1.165) is 5.56 Å². The zero-order valence-electron chi connectivity index (χ0n) is 17.7. The van der Waals surface area contributed by atoms with Crippen LogP contribution in [0.4, 0.5) is 15.8 Å². The first-order valence-corrected chi connectivity index (χ1v) is 10.3. The Labute approximate surface area is 189 Å². The van der Waals surface area contributed by atoms with Gasteiger partial charge in [-0.25, -0.2) is 4.39 Å². The number of carbonyl (C=O) groups excluding carboxylic acids is 1. The van der Waals surface area contributed by atoms with Crippen molar-refractivity contribution in [2.24, 2.45) is 0 Å². The van der Waals surface area contributed by atoms with E-state index in [1.807, 2.05) is 25.1 Å². The number of para-hydroxylation sites is 1. The van der Waals surface area contributed by atoms with Crippen LogP contribution >= 0.6 is 0 Å². The van der Waals surface area contributed by atoms with Gasteiger partial charge in [-0.2, -0.15) is 0 Å². The predicted molar refractivity (Wildman–Crippen MR) is 125 cm³/mol. The molecule has 33 heavy (non-hydrogen) atoms. The summed E-state index contributed by atoms with van der Waals surface area (Å²) in [5.74, 6) is -1.13. The number of halogens is 1. The third-order valence-electron chi connectivity index (χ3n) is 5.29. The molecule has 1 amide bonds. The molecule has 1 aromatic heterocycles. The van der Waals surface area contributed by atoms with Crippen LogP contribution in [0.2, 0.25) is 0 Å². The number of anilines is 2. The number of hydrogen-bond donors (Lipinski definition) is 1. The maximum atomic E-state index is 14.7. The number of phenolic OH excluding ortho intramolecular Hbond substituents is 1. The Bertz CT molecular complexity index is 1480. The summed E-state index contributed by atoms with van der Waals surface area (Å²) in [5, 5.41) is 19.7. The van der Waals surface area contributed by atoms with Gasteiger partial charge >= 0.3 is 0 Å². The summed E-state index contributed by atoms with van der Waals surface area (Å²) in [5.41, 5.74) is 3.56. The first kappa shape index (κ1) is 20.4. The molecule has 0 aliphatic heterocycles. The number of carbonyl (C=O) groups is 1. The number of phenols is 1. The molecule has 0 bridgehead atoms. The highest BCUT2D eigenvalue weighted by Crippen LogP contribution is 2.34. The largest absolute Gasteiger partial charge is 0.506 e. The highest BCUT2D eigenvalue weighted by molar-refractivity contribution is 6.11. The number of hydrogen-bond acceptors (Lipinski definition) is 4. The van der Waals surface area contributed by atoms with E-state index in [0.29, 0.717) is 28.0 Å². The molecule has 0 spiro atoms. The maximum absolute atomic E-state index is 14.7. The number of rotatable bonds is 4. The molecule has 0 saturated carbocycles. The molecule has 0 unspecified atom stereocenters. The van der Waals surface area contributed by atoms with Gasteiger partial charge < -0.3 is 5.11 Å². The second kappa shape index (κ2) is 8.20. The van der Waals surface area contributed by atoms with E-state index in [1.165, 1.54) is 27.9 Å². The second-order valence-corrected chi connectivity index (χ2v) is 7.61. The minimum atomic E-state index is -0.555. The van der Waals surface area contributed by atoms with Crippen LogP contribution in [0, 0.1) is 12.7 Å². The summed E-state index contributed by atoms with van der Waals surface area (Å²) in [6.07, 6.45) is 0. The fraction of sp³-hybridized carbons (Fsp3) is 0.0385. The Morgan fingerprint density at radius 2 is 1.61 bits per heavy atom. The molecule has 5 rings (SSSR count). The van der Waals surface area contributed by atoms with Crippen molar-refractivity contribution >= 4 is 28.3 Å². The van der Waals surface area contributed by atoms with Crippen LogP contribution in [0.3, 0.4) is 0 Å². The number of nitrogens with zero attached hydrogens (tertiary/aromatic N) is 4. The standard InChI is InChI=1S/C26H19FN4O2/c1-17-11-13-21-22(15-17)29-31(28-21)24-14-12-19(16-25(24)32)30(23-10-6-5-9-20(23)27)26(33)18-7-3-2-4-8-18/h2-16,32H,1H3. The van der Waals surface area contributed by atoms with Gasteiger partial charge in [-0.3, -0.25) is 9.69 Å². The van der Waals surface area contributed by atoms with E-state index in [2.05, 4.69) is 10.2 Å². The Hall–Kier alpha value is -4.52. The van der Waals surface area contributed by atoms with E-state index >= 15 is 0 Å². The van der Waals surface area contributed by atoms with E-state index in [9.17, 15) is 14.3 Å². The van der Waals surface area contributed by atoms with Crippen molar-refractivity contribution in [3.05, 3.63) is 108 Å². The van der Waals surface area contributed by atoms with Crippen LogP contribution in [0.15, 0.2) is 91.0 Å². The van der Waals surface area contributed by atoms with Gasteiger partial charge in [0.05, 0.1) is 11.4 Å². The molecule has 0 saturated heterocycles. The number of fused-ring (bicyclic) bond motifs is 1. The van der Waals surface area contributed by atoms with Crippen molar-refractivity contribution in [1.29, 1.82) is 0 Å². The molecule has 6 nitrogen and oxygen atoms in total. The van der Waals surface area contributed by atoms with Crippen LogP contribution < -0.4 is 4.90 Å². The molecule has 0 fully saturated rings. The van der Waals surface area contributed by atoms with Gasteiger partial charge in [0, 0.05) is 11.6 Å². The first-order chi connectivity index (χ1) is 16.0. The molecule has 7 heteroatoms. The molecular formula is C26H19FN4O2. The summed E-state index contributed by atoms with van der Waals surface area (Å²) in [6, 6.07) is 24.9. The van der Waals surface area contributed by atoms with Crippen molar-refractivity contribution in [2.75, 3.05) is 4.90 Å². The second-order valence-electron chi connectivity index (χ2n) is 7.61. The number of aromatic nitrogens is 3. The molecule has 0 atom stereocenters. The predicted octanol–water partition coefficient (Wildman–Crippen LogP) is 5.55. The van der Waals surface area contributed by atoms with Crippen molar-refractivity contribution in [1.82, 2.24) is 15.0 Å². The minimum absolute atomic E-state index is 0.0805. The van der Waals surface area contributed by atoms with Crippen LogP contribution in [-0.4, -0.2) is 26.0 Å². The Morgan fingerprint density at radius 1 is 0.879 bits per heavy atom. The Balaban J connectivity index is 1.60. The van der Waals surface area contributed by atoms with Gasteiger partial charge in [-0.1, -0.05) is 36.4 Å². The number of aryl methyl sites for hydroxylation is 1. The Morgan fingerprint density at radius 3 is 2.36 bits per heavy atom. The summed E-state index contributed by atoms with van der Waals surface area (Å²) in [4.78, 5) is 15.9. The summed E-state index contributed by atoms with van der Waals surface area (Å²) in [7, 11) is 0. The van der Waals surface area contributed by atoms with Gasteiger partial charge in [0.15, 0.2) is 0 Å². The van der Waals surface area contributed by atoms with Crippen LogP contribution in [-0.2, 0) is 0 Å². The van der Waals surface area contributed by atoms with Gasteiger partial charge in [-0.05, 0) is 61.0 Å². The van der Waals surface area contributed by atoms with Crippen molar-refractivity contribution in [3.63, 3.8) is 0 Å². The molecule has 162 valence electrons. The molecule has 0 radical (unpaired) electrons. The lowest BCUT2D eigenvalue weighted by molar-refractivity contribution is 0.0998. The zero-order chi connectivity index (χ0) is 22.9. The molecule has 0 aliphatic rings. The lowest BCUT2D eigenvalue weighted by Gasteiger charge is -2.24. The normalized spacial score (nSPS) is 11.0. The topological polar surface area (TPSA) is 71.2 Å². The lowest BCUT2D eigenvalue weighted by atomic mass is 10.1. The fourth-order valence-corrected chi connectivity index (χ4v) is 3.66. The number of benzene rings is 4. The van der Waals surface area contributed by atoms with E-state index in [1.54, 1.807) is 54.6 Å². The van der Waals surface area contributed by atoms with E-state index in [4.69, 9.17) is 0 Å². The minimum Gasteiger partial charge on any atom is -0.506 e. The first-order valence-electron chi connectivity index (χ1n) is 10.3. The average molecular weight is 438 g/mol. The summed E-state index contributed by atoms with van der Waals surface area (Å²) >= 11 is 0. The summed E-state index contributed by atoms with van der Waals surface area (Å²) in [6.45, 7) is 1.96. The highest BCUT2D eigenvalue weighted by atomic mass is 19.1. The Kier molecular flexibility index (Phi) is 5.06. The van der Waals surface area contributed by atoms with Crippen molar-refractivity contribution in [3.8, 4) is 11.4 Å². The van der Waals surface area contributed by atoms with Gasteiger partial charge in [0.2, 0.25) is 0 Å². The smallest absolute Gasteiger partial charge is 0.262 e. The quantitative estimate of drug-likeness (QED) is 0.399. The molecule has 5 aromatic rings. The molecule has 1 N–H and O–H groups in total. The van der Waals surface area contributed by atoms with Crippen molar-refractivity contribution < 1.29 is 14.3 Å². The maximum Gasteiger partial charge on any atom is 0.262 e. The SMILES string of the molecule is Cc1ccc2nn(-c3ccc(N(C(=O)c4ccccc4)c4ccccc4F)cc3O)nc2c1. The fourth-order valence-electron chi connectivity index (χ4n) is 3.66. The molecule has 1 heterocycles. The molecular weight excluding hydrogens is 419 g/mol. The number of amides is 1. The van der Waals surface area contributed by atoms with Crippen molar-refractivity contribution in [2.45, 2.75) is 6.92 Å². The molecule has 4 aromatic carbocycles. The van der Waals surface area contributed by atoms with Gasteiger partial charge in [0.1, 0.15) is 28.3 Å². The van der Waals surface area contributed by atoms with E-state index in [-0.39, 0.29) is 11.4 Å². The van der Waals surface area contributed by atoms with Crippen LogP contribution in [0.25, 0.3) is 16.7 Å². The van der Waals surface area contributed by atoms with Crippen LogP contribution in [0.1, 0.15) is 15.9 Å². The zero-order valence-corrected chi connectivity index (χ0v) is 17.7. The monoisotopic (exact) mass is 438 g/mol. The average Bonchev–Trinajstić information content (AvgIpc) is 3.24. The molecule has 0 aliphatic carbocycles. The highest BCUT2D eigenvalue weighted by Gasteiger charge is 2.23. The summed E-state index contributed by atoms with van der Waals surface area (Å²) < 4.78 is 14.7.